The van der Waals surface area contributed by atoms with E-state index < -0.39 is 12.7 Å². The lowest BCUT2D eigenvalue weighted by Gasteiger charge is -2.33. The van der Waals surface area contributed by atoms with Crippen molar-refractivity contribution < 1.29 is 17.9 Å². The zero-order valence-electron chi connectivity index (χ0n) is 9.46. The van der Waals surface area contributed by atoms with Crippen LogP contribution in [0.5, 0.6) is 0 Å². The molecule has 0 aromatic rings. The Morgan fingerprint density at radius 3 is 2.56 bits per heavy atom. The van der Waals surface area contributed by atoms with E-state index in [9.17, 15) is 13.2 Å². The van der Waals surface area contributed by atoms with Crippen LogP contribution in [-0.4, -0.2) is 50.0 Å². The zero-order valence-corrected chi connectivity index (χ0v) is 9.46. The third-order valence-electron chi connectivity index (χ3n) is 3.01. The van der Waals surface area contributed by atoms with Crippen LogP contribution in [0.3, 0.4) is 0 Å². The van der Waals surface area contributed by atoms with E-state index in [0.717, 1.165) is 6.42 Å². The fourth-order valence-corrected chi connectivity index (χ4v) is 2.19. The second-order valence-corrected chi connectivity index (χ2v) is 4.10. The zero-order chi connectivity index (χ0) is 12.2. The van der Waals surface area contributed by atoms with E-state index in [1.54, 1.807) is 6.92 Å². The SMILES string of the molecule is CCN(CC(F)(F)F)C(CN)C1CCOC1. The summed E-state index contributed by atoms with van der Waals surface area (Å²) in [5.41, 5.74) is 5.58. The second kappa shape index (κ2) is 5.84. The van der Waals surface area contributed by atoms with Crippen molar-refractivity contribution in [2.75, 3.05) is 32.8 Å². The van der Waals surface area contributed by atoms with Crippen molar-refractivity contribution >= 4 is 0 Å². The molecule has 1 rings (SSSR count). The van der Waals surface area contributed by atoms with Crippen LogP contribution in [0, 0.1) is 5.92 Å². The van der Waals surface area contributed by atoms with Crippen LogP contribution in [0.4, 0.5) is 13.2 Å². The summed E-state index contributed by atoms with van der Waals surface area (Å²) in [5, 5.41) is 0. The van der Waals surface area contributed by atoms with E-state index >= 15 is 0 Å². The Morgan fingerprint density at radius 1 is 1.50 bits per heavy atom. The van der Waals surface area contributed by atoms with Crippen LogP contribution >= 0.6 is 0 Å². The average Bonchev–Trinajstić information content (AvgIpc) is 2.68. The van der Waals surface area contributed by atoms with Gasteiger partial charge < -0.3 is 10.5 Å². The van der Waals surface area contributed by atoms with E-state index in [4.69, 9.17) is 10.5 Å². The molecule has 0 bridgehead atoms. The molecule has 0 aliphatic carbocycles. The summed E-state index contributed by atoms with van der Waals surface area (Å²) in [6, 6.07) is -0.228. The lowest BCUT2D eigenvalue weighted by molar-refractivity contribution is -0.152. The molecule has 0 saturated carbocycles. The van der Waals surface area contributed by atoms with Gasteiger partial charge in [0.2, 0.25) is 0 Å². The van der Waals surface area contributed by atoms with Crippen molar-refractivity contribution in [2.45, 2.75) is 25.6 Å². The van der Waals surface area contributed by atoms with Gasteiger partial charge in [-0.3, -0.25) is 4.90 Å². The van der Waals surface area contributed by atoms with Crippen LogP contribution in [0.25, 0.3) is 0 Å². The molecule has 2 atom stereocenters. The molecule has 0 aromatic heterocycles. The van der Waals surface area contributed by atoms with Crippen LogP contribution in [0.2, 0.25) is 0 Å². The number of hydrogen-bond donors (Lipinski definition) is 1. The van der Waals surface area contributed by atoms with Gasteiger partial charge in [0.05, 0.1) is 13.2 Å². The van der Waals surface area contributed by atoms with Gasteiger partial charge in [-0.1, -0.05) is 6.92 Å². The topological polar surface area (TPSA) is 38.5 Å². The molecular formula is C10H19F3N2O. The molecule has 0 amide bonds. The number of halogens is 3. The molecule has 0 radical (unpaired) electrons. The first kappa shape index (κ1) is 13.7. The van der Waals surface area contributed by atoms with Crippen LogP contribution in [0.15, 0.2) is 0 Å². The Kier molecular flexibility index (Phi) is 5.01. The van der Waals surface area contributed by atoms with Crippen LogP contribution < -0.4 is 5.73 Å². The molecule has 1 fully saturated rings. The summed E-state index contributed by atoms with van der Waals surface area (Å²) in [6.07, 6.45) is -3.36. The second-order valence-electron chi connectivity index (χ2n) is 4.10. The van der Waals surface area contributed by atoms with Gasteiger partial charge in [-0.15, -0.1) is 0 Å². The monoisotopic (exact) mass is 240 g/mol. The molecule has 16 heavy (non-hydrogen) atoms. The van der Waals surface area contributed by atoms with E-state index in [1.807, 2.05) is 0 Å². The van der Waals surface area contributed by atoms with Crippen molar-refractivity contribution in [3.8, 4) is 0 Å². The van der Waals surface area contributed by atoms with Crippen molar-refractivity contribution in [1.29, 1.82) is 0 Å². The highest BCUT2D eigenvalue weighted by atomic mass is 19.4. The third kappa shape index (κ3) is 3.92. The Labute approximate surface area is 93.7 Å². The fraction of sp³-hybridized carbons (Fsp3) is 1.00. The number of nitrogens with two attached hydrogens (primary N) is 1. The highest BCUT2D eigenvalue weighted by molar-refractivity contribution is 4.83. The molecule has 2 N–H and O–H groups in total. The lowest BCUT2D eigenvalue weighted by atomic mass is 9.97. The summed E-state index contributed by atoms with van der Waals surface area (Å²) >= 11 is 0. The maximum absolute atomic E-state index is 12.4. The predicted molar refractivity (Wildman–Crippen MR) is 55.1 cm³/mol. The smallest absolute Gasteiger partial charge is 0.381 e. The molecule has 6 heteroatoms. The van der Waals surface area contributed by atoms with E-state index in [2.05, 4.69) is 0 Å². The first-order valence-electron chi connectivity index (χ1n) is 5.56. The molecule has 0 spiro atoms. The maximum Gasteiger partial charge on any atom is 0.401 e. The first-order chi connectivity index (χ1) is 7.48. The summed E-state index contributed by atoms with van der Waals surface area (Å²) < 4.78 is 42.3. The van der Waals surface area contributed by atoms with Gasteiger partial charge in [0.15, 0.2) is 0 Å². The van der Waals surface area contributed by atoms with Crippen LogP contribution in [0.1, 0.15) is 13.3 Å². The van der Waals surface area contributed by atoms with Gasteiger partial charge in [0.1, 0.15) is 0 Å². The Bertz CT molecular complexity index is 205. The van der Waals surface area contributed by atoms with Gasteiger partial charge in [0.25, 0.3) is 0 Å². The van der Waals surface area contributed by atoms with Crippen molar-refractivity contribution in [3.63, 3.8) is 0 Å². The van der Waals surface area contributed by atoms with Gasteiger partial charge in [-0.2, -0.15) is 13.2 Å². The molecule has 1 saturated heterocycles. The highest BCUT2D eigenvalue weighted by Crippen LogP contribution is 2.24. The minimum absolute atomic E-state index is 0.132. The number of ether oxygens (including phenoxy) is 1. The number of rotatable bonds is 5. The molecular weight excluding hydrogens is 221 g/mol. The Balaban J connectivity index is 2.59. The molecule has 1 heterocycles. The summed E-state index contributed by atoms with van der Waals surface area (Å²) in [4.78, 5) is 1.40. The molecule has 96 valence electrons. The first-order valence-corrected chi connectivity index (χ1v) is 5.56. The molecule has 0 aromatic carbocycles. The molecule has 1 aliphatic rings. The van der Waals surface area contributed by atoms with Gasteiger partial charge in [-0.05, 0) is 13.0 Å². The van der Waals surface area contributed by atoms with E-state index in [-0.39, 0.29) is 18.5 Å². The summed E-state index contributed by atoms with van der Waals surface area (Å²) in [6.45, 7) is 2.60. The van der Waals surface area contributed by atoms with Crippen molar-refractivity contribution in [1.82, 2.24) is 4.90 Å². The lowest BCUT2D eigenvalue weighted by Crippen LogP contribution is -2.49. The summed E-state index contributed by atoms with van der Waals surface area (Å²) in [5.74, 6) is 0.132. The number of likely N-dealkylation sites (N-methyl/N-ethyl adjacent to an activating group) is 1. The largest absolute Gasteiger partial charge is 0.401 e. The minimum Gasteiger partial charge on any atom is -0.381 e. The highest BCUT2D eigenvalue weighted by Gasteiger charge is 2.36. The summed E-state index contributed by atoms with van der Waals surface area (Å²) in [7, 11) is 0. The normalized spacial score (nSPS) is 24.0. The molecule has 1 aliphatic heterocycles. The third-order valence-corrected chi connectivity index (χ3v) is 3.01. The number of nitrogens with zero attached hydrogens (tertiary/aromatic N) is 1. The number of hydrogen-bond acceptors (Lipinski definition) is 3. The van der Waals surface area contributed by atoms with Crippen molar-refractivity contribution in [3.05, 3.63) is 0 Å². The predicted octanol–water partition coefficient (Wildman–Crippen LogP) is 1.23. The van der Waals surface area contributed by atoms with Gasteiger partial charge in [-0.25, -0.2) is 0 Å². The Hall–Kier alpha value is -0.330. The van der Waals surface area contributed by atoms with Gasteiger partial charge in [0, 0.05) is 25.1 Å². The van der Waals surface area contributed by atoms with Crippen LogP contribution in [-0.2, 0) is 4.74 Å². The van der Waals surface area contributed by atoms with E-state index in [0.29, 0.717) is 19.8 Å². The standard InChI is InChI=1S/C10H19F3N2O/c1-2-15(7-10(11,12)13)9(5-14)8-3-4-16-6-8/h8-9H,2-7,14H2,1H3. The molecule has 2 unspecified atom stereocenters. The number of alkyl halides is 3. The maximum atomic E-state index is 12.4. The van der Waals surface area contributed by atoms with Gasteiger partial charge >= 0.3 is 6.18 Å². The van der Waals surface area contributed by atoms with Crippen molar-refractivity contribution in [2.24, 2.45) is 11.7 Å². The quantitative estimate of drug-likeness (QED) is 0.785. The van der Waals surface area contributed by atoms with E-state index in [1.165, 1.54) is 4.90 Å². The molecule has 3 nitrogen and oxygen atoms in total. The fourth-order valence-electron chi connectivity index (χ4n) is 2.19. The minimum atomic E-state index is -4.16. The average molecular weight is 240 g/mol. The Morgan fingerprint density at radius 2 is 2.19 bits per heavy atom.